The molecule has 2 amide bonds. The number of nitrogens with zero attached hydrogens (tertiary/aromatic N) is 1. The quantitative estimate of drug-likeness (QED) is 0.666. The summed E-state index contributed by atoms with van der Waals surface area (Å²) in [5, 5.41) is 0. The molecule has 0 aromatic rings. The van der Waals surface area contributed by atoms with E-state index in [1.807, 2.05) is 20.8 Å². The minimum atomic E-state index is -1.38. The molecule has 0 aromatic carbocycles. The molecular formula is C20H39NO4Si. The standard InChI is InChI=1S/C20H39NO4Si/c1-18(2,3)13-12-14(22)21(17(23)24-20(7,8)9)15(13)16(19(4,5)6)25-26(10)11/h13,15-16,26H,12H2,1-11H3. The van der Waals surface area contributed by atoms with E-state index < -0.39 is 20.7 Å². The number of imide groups is 1. The van der Waals surface area contributed by atoms with Crippen LogP contribution in [0, 0.1) is 16.7 Å². The van der Waals surface area contributed by atoms with Gasteiger partial charge in [0.25, 0.3) is 0 Å². The lowest BCUT2D eigenvalue weighted by molar-refractivity contribution is -0.130. The van der Waals surface area contributed by atoms with Crippen molar-refractivity contribution in [3.8, 4) is 0 Å². The Bertz CT molecular complexity index is 525. The summed E-state index contributed by atoms with van der Waals surface area (Å²) in [5.41, 5.74) is -0.967. The third-order valence-electron chi connectivity index (χ3n) is 4.66. The summed E-state index contributed by atoms with van der Waals surface area (Å²) in [6.45, 7) is 22.4. The number of likely N-dealkylation sites (tertiary alicyclic amines) is 1. The maximum absolute atomic E-state index is 12.9. The second kappa shape index (κ2) is 7.62. The fraction of sp³-hybridized carbons (Fsp3) is 0.900. The first kappa shape index (κ1) is 23.2. The monoisotopic (exact) mass is 385 g/mol. The van der Waals surface area contributed by atoms with Gasteiger partial charge in [0, 0.05) is 6.42 Å². The van der Waals surface area contributed by atoms with Crippen molar-refractivity contribution >= 4 is 21.0 Å². The Hall–Kier alpha value is -0.883. The van der Waals surface area contributed by atoms with Crippen LogP contribution in [0.4, 0.5) is 4.79 Å². The fourth-order valence-corrected chi connectivity index (χ4v) is 4.70. The summed E-state index contributed by atoms with van der Waals surface area (Å²) < 4.78 is 12.0. The lowest BCUT2D eigenvalue weighted by Gasteiger charge is -2.44. The van der Waals surface area contributed by atoms with Crippen LogP contribution in [0.3, 0.4) is 0 Å². The van der Waals surface area contributed by atoms with Gasteiger partial charge in [0.2, 0.25) is 5.91 Å². The lowest BCUT2D eigenvalue weighted by Crippen LogP contribution is -2.56. The van der Waals surface area contributed by atoms with Crippen LogP contribution in [0.1, 0.15) is 68.7 Å². The van der Waals surface area contributed by atoms with Crippen LogP contribution in [0.2, 0.25) is 13.1 Å². The van der Waals surface area contributed by atoms with Crippen LogP contribution < -0.4 is 0 Å². The first-order valence-electron chi connectivity index (χ1n) is 9.65. The van der Waals surface area contributed by atoms with Crippen molar-refractivity contribution in [2.24, 2.45) is 16.7 Å². The van der Waals surface area contributed by atoms with Crippen molar-refractivity contribution in [1.82, 2.24) is 4.90 Å². The normalized spacial score (nSPS) is 23.5. The molecular weight excluding hydrogens is 346 g/mol. The molecule has 1 rings (SSSR count). The van der Waals surface area contributed by atoms with Gasteiger partial charge in [-0.05, 0) is 50.6 Å². The van der Waals surface area contributed by atoms with E-state index in [1.165, 1.54) is 4.90 Å². The molecule has 1 aliphatic rings. The van der Waals surface area contributed by atoms with E-state index in [4.69, 9.17) is 9.16 Å². The Labute approximate surface area is 161 Å². The zero-order chi connectivity index (χ0) is 20.7. The van der Waals surface area contributed by atoms with Gasteiger partial charge < -0.3 is 9.16 Å². The van der Waals surface area contributed by atoms with Crippen LogP contribution in [-0.2, 0) is 14.0 Å². The van der Waals surface area contributed by atoms with E-state index in [9.17, 15) is 9.59 Å². The third kappa shape index (κ3) is 5.81. The molecule has 5 nitrogen and oxygen atoms in total. The minimum Gasteiger partial charge on any atom is -0.443 e. The Morgan fingerprint density at radius 1 is 1.08 bits per heavy atom. The van der Waals surface area contributed by atoms with E-state index in [0.29, 0.717) is 6.42 Å². The fourth-order valence-electron chi connectivity index (χ4n) is 3.54. The molecule has 0 bridgehead atoms. The van der Waals surface area contributed by atoms with E-state index in [2.05, 4.69) is 54.6 Å². The molecule has 152 valence electrons. The predicted molar refractivity (Wildman–Crippen MR) is 108 cm³/mol. The van der Waals surface area contributed by atoms with Crippen molar-refractivity contribution in [3.63, 3.8) is 0 Å². The van der Waals surface area contributed by atoms with Crippen LogP contribution in [0.25, 0.3) is 0 Å². The minimum absolute atomic E-state index is 0.0273. The van der Waals surface area contributed by atoms with Crippen molar-refractivity contribution in [1.29, 1.82) is 0 Å². The molecule has 6 heteroatoms. The number of rotatable bonds is 3. The lowest BCUT2D eigenvalue weighted by atomic mass is 9.71. The molecule has 1 saturated heterocycles. The van der Waals surface area contributed by atoms with Gasteiger partial charge in [-0.25, -0.2) is 9.69 Å². The summed E-state index contributed by atoms with van der Waals surface area (Å²) in [7, 11) is -1.38. The summed E-state index contributed by atoms with van der Waals surface area (Å²) in [5.74, 6) is -0.132. The molecule has 1 aliphatic heterocycles. The molecule has 1 heterocycles. The van der Waals surface area contributed by atoms with Crippen LogP contribution in [0.5, 0.6) is 0 Å². The summed E-state index contributed by atoms with van der Waals surface area (Å²) in [4.78, 5) is 27.1. The topological polar surface area (TPSA) is 55.8 Å². The number of hydrogen-bond acceptors (Lipinski definition) is 4. The predicted octanol–water partition coefficient (Wildman–Crippen LogP) is 4.60. The number of amides is 2. The van der Waals surface area contributed by atoms with E-state index in [1.54, 1.807) is 0 Å². The van der Waals surface area contributed by atoms with Gasteiger partial charge in [0.1, 0.15) is 5.60 Å². The Morgan fingerprint density at radius 3 is 1.92 bits per heavy atom. The van der Waals surface area contributed by atoms with Crippen molar-refractivity contribution in [2.75, 3.05) is 0 Å². The Morgan fingerprint density at radius 2 is 1.58 bits per heavy atom. The number of carbonyl (C=O) groups is 2. The van der Waals surface area contributed by atoms with Gasteiger partial charge in [0.15, 0.2) is 9.04 Å². The molecule has 0 aromatic heterocycles. The molecule has 0 spiro atoms. The average Bonchev–Trinajstić information content (AvgIpc) is 2.69. The highest BCUT2D eigenvalue weighted by atomic mass is 28.3. The first-order valence-corrected chi connectivity index (χ1v) is 12.4. The van der Waals surface area contributed by atoms with Gasteiger partial charge in [0.05, 0.1) is 12.1 Å². The van der Waals surface area contributed by atoms with Gasteiger partial charge >= 0.3 is 6.09 Å². The van der Waals surface area contributed by atoms with Gasteiger partial charge in [-0.3, -0.25) is 4.79 Å². The average molecular weight is 386 g/mol. The molecule has 1 fully saturated rings. The molecule has 0 radical (unpaired) electrons. The summed E-state index contributed by atoms with van der Waals surface area (Å²) in [6.07, 6.45) is -0.414. The molecule has 0 saturated carbocycles. The van der Waals surface area contributed by atoms with Crippen LogP contribution in [0.15, 0.2) is 0 Å². The smallest absolute Gasteiger partial charge is 0.417 e. The zero-order valence-electron chi connectivity index (χ0n) is 18.6. The van der Waals surface area contributed by atoms with Crippen molar-refractivity contribution in [2.45, 2.75) is 99.6 Å². The van der Waals surface area contributed by atoms with Gasteiger partial charge in [-0.15, -0.1) is 0 Å². The van der Waals surface area contributed by atoms with Crippen LogP contribution in [-0.4, -0.2) is 43.7 Å². The molecule has 3 unspecified atom stereocenters. The summed E-state index contributed by atoms with van der Waals surface area (Å²) in [6, 6.07) is -0.313. The Balaban J connectivity index is 3.41. The highest BCUT2D eigenvalue weighted by Crippen LogP contribution is 2.45. The number of hydrogen-bond donors (Lipinski definition) is 0. The van der Waals surface area contributed by atoms with Crippen LogP contribution >= 0.6 is 0 Å². The van der Waals surface area contributed by atoms with E-state index in [-0.39, 0.29) is 34.8 Å². The maximum Gasteiger partial charge on any atom is 0.417 e. The first-order chi connectivity index (χ1) is 11.4. The number of ether oxygens (including phenoxy) is 1. The second-order valence-electron chi connectivity index (χ2n) is 10.9. The SMILES string of the molecule is C[SiH](C)OC(C1C(C(C)(C)C)CC(=O)N1C(=O)OC(C)(C)C)C(C)(C)C. The third-order valence-corrected chi connectivity index (χ3v) is 5.50. The zero-order valence-corrected chi connectivity index (χ0v) is 19.8. The number of carbonyl (C=O) groups excluding carboxylic acids is 2. The van der Waals surface area contributed by atoms with Crippen molar-refractivity contribution in [3.05, 3.63) is 0 Å². The van der Waals surface area contributed by atoms with Crippen molar-refractivity contribution < 1.29 is 18.8 Å². The maximum atomic E-state index is 12.9. The largest absolute Gasteiger partial charge is 0.443 e. The molecule has 0 N–H and O–H groups in total. The highest BCUT2D eigenvalue weighted by Gasteiger charge is 2.54. The molecule has 0 aliphatic carbocycles. The Kier molecular flexibility index (Phi) is 6.79. The van der Waals surface area contributed by atoms with E-state index in [0.717, 1.165) is 0 Å². The van der Waals surface area contributed by atoms with Gasteiger partial charge in [-0.2, -0.15) is 0 Å². The van der Waals surface area contributed by atoms with E-state index >= 15 is 0 Å². The molecule has 3 atom stereocenters. The summed E-state index contributed by atoms with van der Waals surface area (Å²) >= 11 is 0. The van der Waals surface area contributed by atoms with Gasteiger partial charge in [-0.1, -0.05) is 41.5 Å². The highest BCUT2D eigenvalue weighted by molar-refractivity contribution is 6.48. The second-order valence-corrected chi connectivity index (χ2v) is 13.3. The molecule has 26 heavy (non-hydrogen) atoms.